The SMILES string of the molecule is CCCC(C#N)C(O)c1cccc2c1OC(C)(C)C2. The summed E-state index contributed by atoms with van der Waals surface area (Å²) in [7, 11) is 0. The summed E-state index contributed by atoms with van der Waals surface area (Å²) in [4.78, 5) is 0. The van der Waals surface area contributed by atoms with Gasteiger partial charge in [-0.2, -0.15) is 5.26 Å². The molecule has 0 aliphatic carbocycles. The van der Waals surface area contributed by atoms with Gasteiger partial charge in [-0.1, -0.05) is 31.5 Å². The minimum atomic E-state index is -0.770. The molecule has 2 rings (SSSR count). The first-order chi connectivity index (χ1) is 8.98. The van der Waals surface area contributed by atoms with Crippen LogP contribution in [-0.4, -0.2) is 10.7 Å². The minimum Gasteiger partial charge on any atom is -0.487 e. The summed E-state index contributed by atoms with van der Waals surface area (Å²) >= 11 is 0. The highest BCUT2D eigenvalue weighted by molar-refractivity contribution is 5.47. The predicted octanol–water partition coefficient (Wildman–Crippen LogP) is 3.37. The second-order valence-electron chi connectivity index (χ2n) is 5.84. The van der Waals surface area contributed by atoms with Gasteiger partial charge in [0, 0.05) is 12.0 Å². The third-order valence-electron chi connectivity index (χ3n) is 3.59. The Bertz CT molecular complexity index is 502. The van der Waals surface area contributed by atoms with Crippen molar-refractivity contribution in [1.29, 1.82) is 5.26 Å². The summed E-state index contributed by atoms with van der Waals surface area (Å²) in [5.74, 6) is 0.403. The molecule has 0 aromatic heterocycles. The molecule has 0 spiro atoms. The monoisotopic (exact) mass is 259 g/mol. The average molecular weight is 259 g/mol. The van der Waals surface area contributed by atoms with Gasteiger partial charge < -0.3 is 9.84 Å². The average Bonchev–Trinajstić information content (AvgIpc) is 2.68. The van der Waals surface area contributed by atoms with Gasteiger partial charge in [0.2, 0.25) is 0 Å². The van der Waals surface area contributed by atoms with Crippen LogP contribution in [0.1, 0.15) is 50.8 Å². The van der Waals surface area contributed by atoms with Crippen molar-refractivity contribution in [3.05, 3.63) is 29.3 Å². The molecule has 1 heterocycles. The van der Waals surface area contributed by atoms with Crippen LogP contribution in [0.5, 0.6) is 5.75 Å². The van der Waals surface area contributed by atoms with E-state index < -0.39 is 6.10 Å². The molecule has 1 aromatic rings. The zero-order chi connectivity index (χ0) is 14.0. The van der Waals surface area contributed by atoms with Crippen molar-refractivity contribution in [3.8, 4) is 11.8 Å². The lowest BCUT2D eigenvalue weighted by atomic mass is 9.91. The number of ether oxygens (including phenoxy) is 1. The number of nitrogens with zero attached hydrogens (tertiary/aromatic N) is 1. The van der Waals surface area contributed by atoms with E-state index in [2.05, 4.69) is 6.07 Å². The van der Waals surface area contributed by atoms with Gasteiger partial charge in [0.05, 0.1) is 18.1 Å². The van der Waals surface area contributed by atoms with Gasteiger partial charge in [-0.25, -0.2) is 0 Å². The Labute approximate surface area is 114 Å². The van der Waals surface area contributed by atoms with E-state index in [9.17, 15) is 10.4 Å². The Morgan fingerprint density at radius 3 is 2.84 bits per heavy atom. The molecule has 2 unspecified atom stereocenters. The predicted molar refractivity (Wildman–Crippen MR) is 73.8 cm³/mol. The number of benzene rings is 1. The standard InChI is InChI=1S/C16H21NO2/c1-4-6-12(10-17)14(18)13-8-5-7-11-9-16(2,3)19-15(11)13/h5,7-8,12,14,18H,4,6,9H2,1-3H3. The Kier molecular flexibility index (Phi) is 3.82. The Morgan fingerprint density at radius 1 is 1.47 bits per heavy atom. The molecule has 3 nitrogen and oxygen atoms in total. The Morgan fingerprint density at radius 2 is 2.21 bits per heavy atom. The lowest BCUT2D eigenvalue weighted by Crippen LogP contribution is -2.25. The summed E-state index contributed by atoms with van der Waals surface area (Å²) in [6.07, 6.45) is 1.66. The first-order valence-electron chi connectivity index (χ1n) is 6.87. The molecule has 0 amide bonds. The van der Waals surface area contributed by atoms with E-state index in [1.54, 1.807) is 0 Å². The van der Waals surface area contributed by atoms with Crippen LogP contribution in [0.3, 0.4) is 0 Å². The third-order valence-corrected chi connectivity index (χ3v) is 3.59. The highest BCUT2D eigenvalue weighted by Gasteiger charge is 2.34. The van der Waals surface area contributed by atoms with Crippen molar-refractivity contribution in [1.82, 2.24) is 0 Å². The molecular formula is C16H21NO2. The van der Waals surface area contributed by atoms with Crippen LogP contribution in [-0.2, 0) is 6.42 Å². The molecule has 102 valence electrons. The number of fused-ring (bicyclic) bond motifs is 1. The first-order valence-corrected chi connectivity index (χ1v) is 6.87. The van der Waals surface area contributed by atoms with Crippen LogP contribution in [0, 0.1) is 17.2 Å². The van der Waals surface area contributed by atoms with Crippen LogP contribution < -0.4 is 4.74 Å². The van der Waals surface area contributed by atoms with Crippen molar-refractivity contribution < 1.29 is 9.84 Å². The molecule has 0 saturated heterocycles. The van der Waals surface area contributed by atoms with Gasteiger partial charge in [-0.05, 0) is 25.8 Å². The fourth-order valence-corrected chi connectivity index (χ4v) is 2.69. The fourth-order valence-electron chi connectivity index (χ4n) is 2.69. The molecular weight excluding hydrogens is 238 g/mol. The summed E-state index contributed by atoms with van der Waals surface area (Å²) < 4.78 is 5.95. The maximum atomic E-state index is 10.4. The van der Waals surface area contributed by atoms with E-state index in [0.717, 1.165) is 29.7 Å². The molecule has 3 heteroatoms. The number of hydrogen-bond donors (Lipinski definition) is 1. The quantitative estimate of drug-likeness (QED) is 0.902. The molecule has 0 radical (unpaired) electrons. The first kappa shape index (κ1) is 13.9. The van der Waals surface area contributed by atoms with E-state index in [1.807, 2.05) is 39.0 Å². The number of rotatable bonds is 4. The topological polar surface area (TPSA) is 53.2 Å². The van der Waals surface area contributed by atoms with Crippen molar-refractivity contribution in [2.75, 3.05) is 0 Å². The molecule has 2 atom stereocenters. The van der Waals surface area contributed by atoms with E-state index in [-0.39, 0.29) is 11.5 Å². The van der Waals surface area contributed by atoms with Gasteiger partial charge >= 0.3 is 0 Å². The highest BCUT2D eigenvalue weighted by atomic mass is 16.5. The lowest BCUT2D eigenvalue weighted by molar-refractivity contribution is 0.109. The molecule has 0 fully saturated rings. The van der Waals surface area contributed by atoms with Crippen molar-refractivity contribution >= 4 is 0 Å². The van der Waals surface area contributed by atoms with Gasteiger partial charge in [-0.15, -0.1) is 0 Å². The van der Waals surface area contributed by atoms with Crippen molar-refractivity contribution in [3.63, 3.8) is 0 Å². The summed E-state index contributed by atoms with van der Waals surface area (Å²) in [6, 6.07) is 8.04. The van der Waals surface area contributed by atoms with Crippen LogP contribution in [0.2, 0.25) is 0 Å². The molecule has 0 bridgehead atoms. The molecule has 1 aliphatic heterocycles. The van der Waals surface area contributed by atoms with Gasteiger partial charge in [-0.3, -0.25) is 0 Å². The maximum absolute atomic E-state index is 10.4. The van der Waals surface area contributed by atoms with E-state index in [4.69, 9.17) is 4.74 Å². The number of nitriles is 1. The lowest BCUT2D eigenvalue weighted by Gasteiger charge is -2.21. The zero-order valence-corrected chi connectivity index (χ0v) is 11.8. The number of para-hydroxylation sites is 1. The second-order valence-corrected chi connectivity index (χ2v) is 5.84. The molecule has 1 aliphatic rings. The summed E-state index contributed by atoms with van der Waals surface area (Å²) in [5, 5.41) is 19.6. The van der Waals surface area contributed by atoms with Crippen LogP contribution >= 0.6 is 0 Å². The fraction of sp³-hybridized carbons (Fsp3) is 0.562. The van der Waals surface area contributed by atoms with Crippen molar-refractivity contribution in [2.45, 2.75) is 51.7 Å². The van der Waals surface area contributed by atoms with E-state index in [0.29, 0.717) is 6.42 Å². The smallest absolute Gasteiger partial charge is 0.129 e. The van der Waals surface area contributed by atoms with Crippen LogP contribution in [0.25, 0.3) is 0 Å². The van der Waals surface area contributed by atoms with Gasteiger partial charge in [0.15, 0.2) is 0 Å². The third kappa shape index (κ3) is 2.74. The summed E-state index contributed by atoms with van der Waals surface area (Å²) in [5.41, 5.74) is 1.64. The maximum Gasteiger partial charge on any atom is 0.129 e. The summed E-state index contributed by atoms with van der Waals surface area (Å²) in [6.45, 7) is 6.10. The minimum absolute atomic E-state index is 0.231. The largest absolute Gasteiger partial charge is 0.487 e. The molecule has 1 aromatic carbocycles. The van der Waals surface area contributed by atoms with Crippen LogP contribution in [0.4, 0.5) is 0 Å². The highest BCUT2D eigenvalue weighted by Crippen LogP contribution is 2.42. The molecule has 0 saturated carbocycles. The zero-order valence-electron chi connectivity index (χ0n) is 11.8. The molecule has 1 N–H and O–H groups in total. The second kappa shape index (κ2) is 5.22. The van der Waals surface area contributed by atoms with Gasteiger partial charge in [0.1, 0.15) is 11.4 Å². The Hall–Kier alpha value is -1.53. The number of aliphatic hydroxyl groups excluding tert-OH is 1. The van der Waals surface area contributed by atoms with Crippen molar-refractivity contribution in [2.24, 2.45) is 5.92 Å². The van der Waals surface area contributed by atoms with Crippen LogP contribution in [0.15, 0.2) is 18.2 Å². The van der Waals surface area contributed by atoms with E-state index >= 15 is 0 Å². The van der Waals surface area contributed by atoms with E-state index in [1.165, 1.54) is 0 Å². The normalized spacial score (nSPS) is 19.1. The number of aliphatic hydroxyl groups is 1. The Balaban J connectivity index is 2.33. The van der Waals surface area contributed by atoms with Gasteiger partial charge in [0.25, 0.3) is 0 Å². The number of hydrogen-bond acceptors (Lipinski definition) is 3. The molecule has 19 heavy (non-hydrogen) atoms.